The molecule has 0 aliphatic heterocycles. The zero-order valence-electron chi connectivity index (χ0n) is 18.2. The van der Waals surface area contributed by atoms with Gasteiger partial charge in [0, 0.05) is 10.9 Å². The SMILES string of the molecule is COc1cccc(-c2ccc3cc(OC)ccc3c2Oc2ccc(C(C)C(=O)O)cc2)c1. The molecule has 5 heteroatoms. The zero-order chi connectivity index (χ0) is 22.7. The minimum absolute atomic E-state index is 0.582. The number of rotatable bonds is 7. The number of aliphatic carboxylic acids is 1. The number of carbonyl (C=O) groups is 1. The van der Waals surface area contributed by atoms with Crippen molar-refractivity contribution in [2.24, 2.45) is 0 Å². The minimum Gasteiger partial charge on any atom is -0.497 e. The maximum Gasteiger partial charge on any atom is 0.310 e. The van der Waals surface area contributed by atoms with E-state index in [1.54, 1.807) is 45.4 Å². The highest BCUT2D eigenvalue weighted by molar-refractivity contribution is 5.96. The largest absolute Gasteiger partial charge is 0.497 e. The third-order valence-electron chi connectivity index (χ3n) is 5.53. The molecule has 0 heterocycles. The van der Waals surface area contributed by atoms with Gasteiger partial charge in [-0.25, -0.2) is 0 Å². The average Bonchev–Trinajstić information content (AvgIpc) is 2.83. The van der Waals surface area contributed by atoms with Gasteiger partial charge >= 0.3 is 5.97 Å². The molecule has 0 bridgehead atoms. The van der Waals surface area contributed by atoms with E-state index in [1.807, 2.05) is 54.6 Å². The predicted molar refractivity (Wildman–Crippen MR) is 125 cm³/mol. The van der Waals surface area contributed by atoms with Crippen LogP contribution in [0.5, 0.6) is 23.0 Å². The van der Waals surface area contributed by atoms with Gasteiger partial charge in [0.05, 0.1) is 20.1 Å². The Morgan fingerprint density at radius 3 is 2.19 bits per heavy atom. The van der Waals surface area contributed by atoms with Crippen LogP contribution in [0.1, 0.15) is 18.4 Å². The van der Waals surface area contributed by atoms with Crippen LogP contribution in [0.4, 0.5) is 0 Å². The quantitative estimate of drug-likeness (QED) is 0.364. The van der Waals surface area contributed by atoms with Gasteiger partial charge in [0.15, 0.2) is 0 Å². The van der Waals surface area contributed by atoms with E-state index in [4.69, 9.17) is 14.2 Å². The molecular weight excluding hydrogens is 404 g/mol. The van der Waals surface area contributed by atoms with Gasteiger partial charge in [-0.2, -0.15) is 0 Å². The lowest BCUT2D eigenvalue weighted by Gasteiger charge is -2.16. The van der Waals surface area contributed by atoms with Gasteiger partial charge in [0.25, 0.3) is 0 Å². The molecule has 0 aliphatic carbocycles. The van der Waals surface area contributed by atoms with Crippen LogP contribution >= 0.6 is 0 Å². The van der Waals surface area contributed by atoms with Crippen LogP contribution in [0.15, 0.2) is 78.9 Å². The second-order valence-corrected chi connectivity index (χ2v) is 7.49. The Bertz CT molecular complexity index is 1260. The molecule has 32 heavy (non-hydrogen) atoms. The van der Waals surface area contributed by atoms with Crippen LogP contribution in [0.3, 0.4) is 0 Å². The van der Waals surface area contributed by atoms with Crippen LogP contribution in [0.25, 0.3) is 21.9 Å². The Kier molecular flexibility index (Phi) is 5.99. The number of hydrogen-bond donors (Lipinski definition) is 1. The van der Waals surface area contributed by atoms with Crippen molar-refractivity contribution >= 4 is 16.7 Å². The van der Waals surface area contributed by atoms with Gasteiger partial charge in [0.2, 0.25) is 0 Å². The summed E-state index contributed by atoms with van der Waals surface area (Å²) in [7, 11) is 3.28. The van der Waals surface area contributed by atoms with Crippen LogP contribution in [-0.4, -0.2) is 25.3 Å². The maximum absolute atomic E-state index is 11.3. The van der Waals surface area contributed by atoms with E-state index in [1.165, 1.54) is 0 Å². The fraction of sp³-hybridized carbons (Fsp3) is 0.148. The van der Waals surface area contributed by atoms with Crippen LogP contribution in [0.2, 0.25) is 0 Å². The first kappa shape index (κ1) is 21.2. The third kappa shape index (κ3) is 4.23. The fourth-order valence-electron chi connectivity index (χ4n) is 3.62. The van der Waals surface area contributed by atoms with Crippen molar-refractivity contribution in [3.8, 4) is 34.1 Å². The van der Waals surface area contributed by atoms with Gasteiger partial charge in [0.1, 0.15) is 23.0 Å². The first-order valence-corrected chi connectivity index (χ1v) is 10.3. The number of hydrogen-bond acceptors (Lipinski definition) is 4. The van der Waals surface area contributed by atoms with Crippen molar-refractivity contribution < 1.29 is 24.1 Å². The van der Waals surface area contributed by atoms with E-state index in [-0.39, 0.29) is 0 Å². The molecular formula is C27H24O5. The second kappa shape index (κ2) is 9.02. The topological polar surface area (TPSA) is 65.0 Å². The molecule has 4 rings (SSSR count). The third-order valence-corrected chi connectivity index (χ3v) is 5.53. The fourth-order valence-corrected chi connectivity index (χ4v) is 3.62. The number of ether oxygens (including phenoxy) is 3. The molecule has 0 spiro atoms. The Labute approximate surface area is 186 Å². The summed E-state index contributed by atoms with van der Waals surface area (Å²) in [5, 5.41) is 11.2. The van der Waals surface area contributed by atoms with Gasteiger partial charge < -0.3 is 19.3 Å². The molecule has 162 valence electrons. The average molecular weight is 428 g/mol. The van der Waals surface area contributed by atoms with Crippen LogP contribution in [-0.2, 0) is 4.79 Å². The van der Waals surface area contributed by atoms with E-state index in [9.17, 15) is 9.90 Å². The van der Waals surface area contributed by atoms with Gasteiger partial charge in [-0.3, -0.25) is 4.79 Å². The standard InChI is InChI=1S/C27H24O5/c1-17(27(28)29)18-7-10-21(11-8-18)32-26-24(19-5-4-6-22(15-19)30-2)13-9-20-16-23(31-3)12-14-25(20)26/h4-17H,1-3H3,(H,28,29). The van der Waals surface area contributed by atoms with E-state index in [0.717, 1.165) is 39.0 Å². The minimum atomic E-state index is -0.859. The molecule has 0 radical (unpaired) electrons. The summed E-state index contributed by atoms with van der Waals surface area (Å²) in [5.41, 5.74) is 2.61. The van der Waals surface area contributed by atoms with Crippen molar-refractivity contribution in [2.75, 3.05) is 14.2 Å². The summed E-state index contributed by atoms with van der Waals surface area (Å²) in [4.78, 5) is 11.3. The molecule has 1 N–H and O–H groups in total. The smallest absolute Gasteiger partial charge is 0.310 e. The lowest BCUT2D eigenvalue weighted by molar-refractivity contribution is -0.138. The summed E-state index contributed by atoms with van der Waals surface area (Å²) in [6.07, 6.45) is 0. The van der Waals surface area contributed by atoms with Crippen LogP contribution < -0.4 is 14.2 Å². The normalized spacial score (nSPS) is 11.7. The monoisotopic (exact) mass is 428 g/mol. The number of carboxylic acids is 1. The molecule has 1 atom stereocenters. The molecule has 0 fully saturated rings. The summed E-state index contributed by atoms with van der Waals surface area (Å²) in [6.45, 7) is 1.66. The Morgan fingerprint density at radius 2 is 1.50 bits per heavy atom. The summed E-state index contributed by atoms with van der Waals surface area (Å²) < 4.78 is 17.2. The van der Waals surface area contributed by atoms with Crippen LogP contribution in [0, 0.1) is 0 Å². The molecule has 0 saturated carbocycles. The molecule has 5 nitrogen and oxygen atoms in total. The summed E-state index contributed by atoms with van der Waals surface area (Å²) >= 11 is 0. The first-order valence-electron chi connectivity index (χ1n) is 10.3. The molecule has 0 aliphatic rings. The second-order valence-electron chi connectivity index (χ2n) is 7.49. The van der Waals surface area contributed by atoms with Crippen molar-refractivity contribution in [2.45, 2.75) is 12.8 Å². The number of carboxylic acid groups (broad SMARTS) is 1. The molecule has 0 aromatic heterocycles. The highest BCUT2D eigenvalue weighted by atomic mass is 16.5. The molecule has 1 unspecified atom stereocenters. The van der Waals surface area contributed by atoms with E-state index in [0.29, 0.717) is 11.5 Å². The van der Waals surface area contributed by atoms with Crippen molar-refractivity contribution in [1.29, 1.82) is 0 Å². The highest BCUT2D eigenvalue weighted by Crippen LogP contribution is 2.41. The van der Waals surface area contributed by atoms with Crippen molar-refractivity contribution in [3.05, 3.63) is 84.4 Å². The Hall–Kier alpha value is -3.99. The van der Waals surface area contributed by atoms with E-state index >= 15 is 0 Å². The molecule has 4 aromatic rings. The Balaban J connectivity index is 1.82. The molecule has 0 amide bonds. The van der Waals surface area contributed by atoms with E-state index in [2.05, 4.69) is 0 Å². The summed E-state index contributed by atoms with van der Waals surface area (Å²) in [5.74, 6) is 1.42. The molecule has 4 aromatic carbocycles. The zero-order valence-corrected chi connectivity index (χ0v) is 18.2. The lowest BCUT2D eigenvalue weighted by atomic mass is 9.99. The number of methoxy groups -OCH3 is 2. The first-order chi connectivity index (χ1) is 15.5. The molecule has 0 saturated heterocycles. The highest BCUT2D eigenvalue weighted by Gasteiger charge is 2.16. The Morgan fingerprint density at radius 1 is 0.812 bits per heavy atom. The van der Waals surface area contributed by atoms with Gasteiger partial charge in [-0.05, 0) is 72.0 Å². The summed E-state index contributed by atoms with van der Waals surface area (Å²) in [6, 6.07) is 24.9. The predicted octanol–water partition coefficient (Wildman–Crippen LogP) is 6.50. The maximum atomic E-state index is 11.3. The van der Waals surface area contributed by atoms with Gasteiger partial charge in [-0.15, -0.1) is 0 Å². The van der Waals surface area contributed by atoms with Crippen molar-refractivity contribution in [3.63, 3.8) is 0 Å². The van der Waals surface area contributed by atoms with Gasteiger partial charge in [-0.1, -0.05) is 30.3 Å². The lowest BCUT2D eigenvalue weighted by Crippen LogP contribution is -2.06. The number of benzene rings is 4. The van der Waals surface area contributed by atoms with Crippen molar-refractivity contribution in [1.82, 2.24) is 0 Å². The van der Waals surface area contributed by atoms with E-state index < -0.39 is 11.9 Å². The number of fused-ring (bicyclic) bond motifs is 1.